The Morgan fingerprint density at radius 2 is 2.00 bits per heavy atom. The summed E-state index contributed by atoms with van der Waals surface area (Å²) in [6, 6.07) is 6.65. The molecule has 0 atom stereocenters. The van der Waals surface area contributed by atoms with Crippen molar-refractivity contribution in [2.75, 3.05) is 18.4 Å². The van der Waals surface area contributed by atoms with Crippen molar-refractivity contribution in [3.8, 4) is 0 Å². The van der Waals surface area contributed by atoms with Crippen LogP contribution in [0.4, 0.5) is 10.1 Å². The highest BCUT2D eigenvalue weighted by Gasteiger charge is 2.15. The van der Waals surface area contributed by atoms with Crippen molar-refractivity contribution in [2.24, 2.45) is 11.1 Å². The average Bonchev–Trinajstić information content (AvgIpc) is 2.17. The monoisotopic (exact) mass is 196 g/mol. The fraction of sp³-hybridized carbons (Fsp3) is 0.455. The summed E-state index contributed by atoms with van der Waals surface area (Å²) in [6.07, 6.45) is 0. The molecule has 14 heavy (non-hydrogen) atoms. The largest absolute Gasteiger partial charge is 0.382 e. The van der Waals surface area contributed by atoms with E-state index < -0.39 is 0 Å². The first-order valence-corrected chi connectivity index (χ1v) is 4.74. The Kier molecular flexibility index (Phi) is 3.47. The molecule has 1 rings (SSSR count). The van der Waals surface area contributed by atoms with E-state index in [0.717, 1.165) is 0 Å². The molecule has 0 saturated heterocycles. The smallest absolute Gasteiger partial charge is 0.146 e. The van der Waals surface area contributed by atoms with Crippen LogP contribution in [0.2, 0.25) is 0 Å². The molecule has 1 aromatic rings. The minimum Gasteiger partial charge on any atom is -0.382 e. The third kappa shape index (κ3) is 3.00. The quantitative estimate of drug-likeness (QED) is 0.775. The molecule has 0 aliphatic heterocycles. The van der Waals surface area contributed by atoms with Gasteiger partial charge in [0, 0.05) is 6.54 Å². The third-order valence-corrected chi connectivity index (χ3v) is 2.18. The maximum Gasteiger partial charge on any atom is 0.146 e. The van der Waals surface area contributed by atoms with Crippen LogP contribution in [-0.4, -0.2) is 13.1 Å². The molecule has 0 heterocycles. The number of anilines is 1. The average molecular weight is 196 g/mol. The van der Waals surface area contributed by atoms with Gasteiger partial charge in [-0.1, -0.05) is 26.0 Å². The van der Waals surface area contributed by atoms with Gasteiger partial charge in [0.05, 0.1) is 5.69 Å². The van der Waals surface area contributed by atoms with E-state index in [1.165, 1.54) is 6.07 Å². The van der Waals surface area contributed by atoms with Gasteiger partial charge in [0.1, 0.15) is 5.82 Å². The highest BCUT2D eigenvalue weighted by Crippen LogP contribution is 2.17. The maximum atomic E-state index is 13.2. The van der Waals surface area contributed by atoms with Crippen LogP contribution in [0, 0.1) is 11.2 Å². The van der Waals surface area contributed by atoms with Gasteiger partial charge in [-0.2, -0.15) is 0 Å². The Morgan fingerprint density at radius 3 is 2.57 bits per heavy atom. The van der Waals surface area contributed by atoms with Gasteiger partial charge in [-0.25, -0.2) is 4.39 Å². The number of hydrogen-bond donors (Lipinski definition) is 2. The number of para-hydroxylation sites is 1. The van der Waals surface area contributed by atoms with E-state index in [1.807, 2.05) is 13.8 Å². The normalized spacial score (nSPS) is 11.4. The van der Waals surface area contributed by atoms with E-state index in [1.54, 1.807) is 18.2 Å². The summed E-state index contributed by atoms with van der Waals surface area (Å²) in [4.78, 5) is 0. The Hall–Kier alpha value is -1.09. The Labute approximate surface area is 84.3 Å². The van der Waals surface area contributed by atoms with Crippen LogP contribution >= 0.6 is 0 Å². The van der Waals surface area contributed by atoms with Gasteiger partial charge in [-0.05, 0) is 24.1 Å². The molecule has 3 heteroatoms. The van der Waals surface area contributed by atoms with Crippen molar-refractivity contribution in [3.05, 3.63) is 30.1 Å². The van der Waals surface area contributed by atoms with E-state index >= 15 is 0 Å². The molecule has 0 spiro atoms. The molecule has 0 aliphatic carbocycles. The first kappa shape index (κ1) is 11.0. The summed E-state index contributed by atoms with van der Waals surface area (Å²) in [5, 5.41) is 3.05. The molecule has 3 N–H and O–H groups in total. The molecule has 0 aromatic heterocycles. The molecule has 0 saturated carbocycles. The van der Waals surface area contributed by atoms with Gasteiger partial charge in [0.15, 0.2) is 0 Å². The summed E-state index contributed by atoms with van der Waals surface area (Å²) in [5.41, 5.74) is 6.10. The summed E-state index contributed by atoms with van der Waals surface area (Å²) in [6.45, 7) is 5.33. The fourth-order valence-electron chi connectivity index (χ4n) is 1.01. The summed E-state index contributed by atoms with van der Waals surface area (Å²) in [7, 11) is 0. The van der Waals surface area contributed by atoms with Gasteiger partial charge in [0.2, 0.25) is 0 Å². The molecule has 0 amide bonds. The topological polar surface area (TPSA) is 38.0 Å². The van der Waals surface area contributed by atoms with Crippen LogP contribution in [-0.2, 0) is 0 Å². The van der Waals surface area contributed by atoms with Crippen molar-refractivity contribution >= 4 is 5.69 Å². The number of hydrogen-bond acceptors (Lipinski definition) is 2. The van der Waals surface area contributed by atoms with Crippen molar-refractivity contribution < 1.29 is 4.39 Å². The second-order valence-electron chi connectivity index (χ2n) is 4.20. The van der Waals surface area contributed by atoms with E-state index in [9.17, 15) is 4.39 Å². The number of benzene rings is 1. The minimum atomic E-state index is -0.222. The lowest BCUT2D eigenvalue weighted by atomic mass is 9.94. The number of nitrogens with two attached hydrogens (primary N) is 1. The summed E-state index contributed by atoms with van der Waals surface area (Å²) in [5.74, 6) is -0.222. The SMILES string of the molecule is CC(C)(CN)CNc1ccccc1F. The van der Waals surface area contributed by atoms with Crippen molar-refractivity contribution in [3.63, 3.8) is 0 Å². The zero-order valence-electron chi connectivity index (χ0n) is 8.68. The third-order valence-electron chi connectivity index (χ3n) is 2.18. The lowest BCUT2D eigenvalue weighted by Crippen LogP contribution is -2.31. The molecular formula is C11H17FN2. The standard InChI is InChI=1S/C11H17FN2/c1-11(2,7-13)8-14-10-6-4-3-5-9(10)12/h3-6,14H,7-8,13H2,1-2H3. The summed E-state index contributed by atoms with van der Waals surface area (Å²) < 4.78 is 13.2. The predicted octanol–water partition coefficient (Wildman–Crippen LogP) is 2.22. The molecule has 0 unspecified atom stereocenters. The molecule has 0 aliphatic rings. The van der Waals surface area contributed by atoms with Crippen LogP contribution in [0.3, 0.4) is 0 Å². The van der Waals surface area contributed by atoms with Crippen LogP contribution in [0.5, 0.6) is 0 Å². The maximum absolute atomic E-state index is 13.2. The Balaban J connectivity index is 2.58. The molecule has 1 aromatic carbocycles. The summed E-state index contributed by atoms with van der Waals surface area (Å²) >= 11 is 0. The fourth-order valence-corrected chi connectivity index (χ4v) is 1.01. The van der Waals surface area contributed by atoms with Crippen LogP contribution in [0.1, 0.15) is 13.8 Å². The second kappa shape index (κ2) is 4.42. The Bertz CT molecular complexity index is 297. The van der Waals surface area contributed by atoms with Crippen LogP contribution in [0.25, 0.3) is 0 Å². The Morgan fingerprint density at radius 1 is 1.36 bits per heavy atom. The molecule has 0 radical (unpaired) electrons. The molecule has 78 valence electrons. The van der Waals surface area contributed by atoms with Crippen molar-refractivity contribution in [1.82, 2.24) is 0 Å². The highest BCUT2D eigenvalue weighted by molar-refractivity contribution is 5.44. The lowest BCUT2D eigenvalue weighted by molar-refractivity contribution is 0.405. The number of nitrogens with one attached hydrogen (secondary N) is 1. The van der Waals surface area contributed by atoms with Gasteiger partial charge < -0.3 is 11.1 Å². The number of halogens is 1. The first-order chi connectivity index (χ1) is 6.55. The van der Waals surface area contributed by atoms with E-state index in [0.29, 0.717) is 18.8 Å². The minimum absolute atomic E-state index is 0.0116. The zero-order chi connectivity index (χ0) is 10.6. The van der Waals surface area contributed by atoms with Crippen LogP contribution in [0.15, 0.2) is 24.3 Å². The van der Waals surface area contributed by atoms with Crippen molar-refractivity contribution in [2.45, 2.75) is 13.8 Å². The lowest BCUT2D eigenvalue weighted by Gasteiger charge is -2.23. The van der Waals surface area contributed by atoms with Crippen LogP contribution < -0.4 is 11.1 Å². The molecular weight excluding hydrogens is 179 g/mol. The second-order valence-corrected chi connectivity index (χ2v) is 4.20. The van der Waals surface area contributed by atoms with Crippen molar-refractivity contribution in [1.29, 1.82) is 0 Å². The van der Waals surface area contributed by atoms with Gasteiger partial charge in [-0.15, -0.1) is 0 Å². The predicted molar refractivity (Wildman–Crippen MR) is 57.7 cm³/mol. The van der Waals surface area contributed by atoms with E-state index in [4.69, 9.17) is 5.73 Å². The zero-order valence-corrected chi connectivity index (χ0v) is 8.68. The van der Waals surface area contributed by atoms with E-state index in [2.05, 4.69) is 5.32 Å². The van der Waals surface area contributed by atoms with E-state index in [-0.39, 0.29) is 11.2 Å². The highest BCUT2D eigenvalue weighted by atomic mass is 19.1. The first-order valence-electron chi connectivity index (χ1n) is 4.74. The van der Waals surface area contributed by atoms with Gasteiger partial charge >= 0.3 is 0 Å². The van der Waals surface area contributed by atoms with Gasteiger partial charge in [0.25, 0.3) is 0 Å². The number of rotatable bonds is 4. The van der Waals surface area contributed by atoms with Gasteiger partial charge in [-0.3, -0.25) is 0 Å². The molecule has 0 bridgehead atoms. The molecule has 2 nitrogen and oxygen atoms in total. The molecule has 0 fully saturated rings.